The lowest BCUT2D eigenvalue weighted by atomic mass is 9.96. The molecule has 1 saturated carbocycles. The van der Waals surface area contributed by atoms with Crippen LogP contribution in [0.4, 0.5) is 4.79 Å². The molecule has 2 rings (SSSR count). The number of hydrogen-bond acceptors (Lipinski definition) is 5. The van der Waals surface area contributed by atoms with Gasteiger partial charge in [0.15, 0.2) is 6.10 Å². The molecule has 0 radical (unpaired) electrons. The number of hydrogen-bond donors (Lipinski definition) is 3. The molecular weight excluding hydrogens is 430 g/mol. The van der Waals surface area contributed by atoms with Gasteiger partial charge in [0.25, 0.3) is 11.8 Å². The first-order chi connectivity index (χ1) is 13.3. The van der Waals surface area contributed by atoms with Crippen molar-refractivity contribution in [1.82, 2.24) is 16.0 Å². The van der Waals surface area contributed by atoms with Crippen LogP contribution in [-0.2, 0) is 14.3 Å². The lowest BCUT2D eigenvalue weighted by molar-refractivity contribution is -0.153. The van der Waals surface area contributed by atoms with Crippen LogP contribution in [0.1, 0.15) is 49.4 Å². The molecule has 0 bridgehead atoms. The summed E-state index contributed by atoms with van der Waals surface area (Å²) in [6.07, 6.45) is 3.89. The molecule has 152 valence electrons. The topological polar surface area (TPSA) is 114 Å². The van der Waals surface area contributed by atoms with E-state index in [2.05, 4.69) is 31.9 Å². The second kappa shape index (κ2) is 10.8. The van der Waals surface area contributed by atoms with E-state index in [-0.39, 0.29) is 12.6 Å². The zero-order valence-electron chi connectivity index (χ0n) is 15.6. The smallest absolute Gasteiger partial charge is 0.326 e. The number of amides is 4. The van der Waals surface area contributed by atoms with Crippen molar-refractivity contribution in [1.29, 1.82) is 0 Å². The van der Waals surface area contributed by atoms with E-state index in [0.717, 1.165) is 36.6 Å². The number of carbonyl (C=O) groups excluding carboxylic acids is 4. The zero-order valence-corrected chi connectivity index (χ0v) is 17.2. The third-order valence-corrected chi connectivity index (χ3v) is 4.88. The van der Waals surface area contributed by atoms with Gasteiger partial charge >= 0.3 is 12.0 Å². The fourth-order valence-electron chi connectivity index (χ4n) is 2.83. The Hall–Kier alpha value is -2.42. The number of rotatable bonds is 6. The van der Waals surface area contributed by atoms with E-state index in [9.17, 15) is 19.2 Å². The van der Waals surface area contributed by atoms with Gasteiger partial charge in [-0.05, 0) is 44.0 Å². The van der Waals surface area contributed by atoms with Crippen molar-refractivity contribution in [3.05, 3.63) is 34.3 Å². The molecule has 0 heterocycles. The molecule has 1 aliphatic rings. The molecule has 3 N–H and O–H groups in total. The highest BCUT2D eigenvalue weighted by atomic mass is 79.9. The van der Waals surface area contributed by atoms with Crippen molar-refractivity contribution in [2.45, 2.75) is 51.2 Å². The Morgan fingerprint density at radius 2 is 1.75 bits per heavy atom. The van der Waals surface area contributed by atoms with E-state index in [1.165, 1.54) is 6.92 Å². The van der Waals surface area contributed by atoms with Crippen molar-refractivity contribution in [3.63, 3.8) is 0 Å². The highest BCUT2D eigenvalue weighted by Crippen LogP contribution is 2.17. The van der Waals surface area contributed by atoms with Crippen LogP contribution in [0.15, 0.2) is 28.7 Å². The minimum absolute atomic E-state index is 0.0632. The van der Waals surface area contributed by atoms with Crippen molar-refractivity contribution >= 4 is 39.7 Å². The fraction of sp³-hybridized carbons (Fsp3) is 0.474. The van der Waals surface area contributed by atoms with Crippen molar-refractivity contribution in [2.75, 3.05) is 6.54 Å². The van der Waals surface area contributed by atoms with Crippen LogP contribution in [-0.4, -0.2) is 42.5 Å². The molecule has 0 spiro atoms. The van der Waals surface area contributed by atoms with E-state index in [0.29, 0.717) is 5.56 Å². The Labute approximate surface area is 171 Å². The molecule has 0 aromatic heterocycles. The molecule has 4 amide bonds. The first-order valence-electron chi connectivity index (χ1n) is 9.19. The number of urea groups is 1. The Kier molecular flexibility index (Phi) is 8.43. The average molecular weight is 454 g/mol. The van der Waals surface area contributed by atoms with Gasteiger partial charge in [0.1, 0.15) is 6.54 Å². The Morgan fingerprint density at radius 3 is 2.39 bits per heavy atom. The van der Waals surface area contributed by atoms with E-state index < -0.39 is 29.9 Å². The minimum atomic E-state index is -1.16. The third-order valence-electron chi connectivity index (χ3n) is 4.35. The van der Waals surface area contributed by atoms with Gasteiger partial charge in [0.05, 0.1) is 0 Å². The predicted molar refractivity (Wildman–Crippen MR) is 106 cm³/mol. The molecule has 8 nitrogen and oxygen atoms in total. The van der Waals surface area contributed by atoms with E-state index in [4.69, 9.17) is 4.74 Å². The monoisotopic (exact) mass is 453 g/mol. The normalized spacial score (nSPS) is 15.2. The summed E-state index contributed by atoms with van der Waals surface area (Å²) in [7, 11) is 0. The first kappa shape index (κ1) is 21.9. The summed E-state index contributed by atoms with van der Waals surface area (Å²) in [5, 5.41) is 7.34. The van der Waals surface area contributed by atoms with Crippen molar-refractivity contribution in [2.24, 2.45) is 0 Å². The largest absolute Gasteiger partial charge is 0.451 e. The Bertz CT molecular complexity index is 717. The van der Waals surface area contributed by atoms with E-state index >= 15 is 0 Å². The van der Waals surface area contributed by atoms with Crippen LogP contribution in [0.2, 0.25) is 0 Å². The van der Waals surface area contributed by atoms with Gasteiger partial charge in [-0.3, -0.25) is 19.7 Å². The number of nitrogens with one attached hydrogen (secondary N) is 3. The lowest BCUT2D eigenvalue weighted by Crippen LogP contribution is -2.48. The molecule has 1 aliphatic carbocycles. The summed E-state index contributed by atoms with van der Waals surface area (Å²) in [5.41, 5.74) is 0.390. The van der Waals surface area contributed by atoms with Gasteiger partial charge < -0.3 is 15.4 Å². The predicted octanol–water partition coefficient (Wildman–Crippen LogP) is 2.27. The van der Waals surface area contributed by atoms with Crippen LogP contribution in [0, 0.1) is 0 Å². The number of imide groups is 1. The highest BCUT2D eigenvalue weighted by Gasteiger charge is 2.22. The van der Waals surface area contributed by atoms with Gasteiger partial charge in [-0.1, -0.05) is 35.2 Å². The Balaban J connectivity index is 1.70. The summed E-state index contributed by atoms with van der Waals surface area (Å²) in [4.78, 5) is 47.6. The van der Waals surface area contributed by atoms with Gasteiger partial charge in [-0.15, -0.1) is 0 Å². The third kappa shape index (κ3) is 7.30. The maximum Gasteiger partial charge on any atom is 0.326 e. The quantitative estimate of drug-likeness (QED) is 0.571. The Morgan fingerprint density at radius 1 is 1.11 bits per heavy atom. The molecule has 28 heavy (non-hydrogen) atoms. The van der Waals surface area contributed by atoms with Gasteiger partial charge in [-0.2, -0.15) is 0 Å². The van der Waals surface area contributed by atoms with Crippen LogP contribution >= 0.6 is 15.9 Å². The fourth-order valence-corrected chi connectivity index (χ4v) is 3.09. The minimum Gasteiger partial charge on any atom is -0.451 e. The van der Waals surface area contributed by atoms with Crippen LogP contribution < -0.4 is 16.0 Å². The number of benzene rings is 1. The molecule has 1 atom stereocenters. The van der Waals surface area contributed by atoms with Gasteiger partial charge in [0.2, 0.25) is 0 Å². The summed E-state index contributed by atoms with van der Waals surface area (Å²) in [6.45, 7) is 0.971. The van der Waals surface area contributed by atoms with Crippen molar-refractivity contribution in [3.8, 4) is 0 Å². The molecule has 0 saturated heterocycles. The molecule has 1 fully saturated rings. The number of esters is 1. The molecule has 1 aromatic rings. The maximum atomic E-state index is 12.0. The summed E-state index contributed by atoms with van der Waals surface area (Å²) in [5.74, 6) is -1.94. The number of carbonyl (C=O) groups is 4. The second-order valence-electron chi connectivity index (χ2n) is 6.62. The molecular formula is C19H24BrN3O5. The number of ether oxygens (including phenoxy) is 1. The molecule has 0 aliphatic heterocycles. The van der Waals surface area contributed by atoms with Crippen LogP contribution in [0.25, 0.3) is 0 Å². The lowest BCUT2D eigenvalue weighted by Gasteiger charge is -2.23. The molecule has 1 aromatic carbocycles. The average Bonchev–Trinajstić information content (AvgIpc) is 2.67. The molecule has 9 heteroatoms. The summed E-state index contributed by atoms with van der Waals surface area (Å²) >= 11 is 3.27. The highest BCUT2D eigenvalue weighted by molar-refractivity contribution is 9.10. The molecule has 1 unspecified atom stereocenters. The SMILES string of the molecule is CC(OC(=O)CNC(=O)c1ccc(Br)cc1)C(=O)NC(=O)NC1CCCCC1. The van der Waals surface area contributed by atoms with Crippen LogP contribution in [0.3, 0.4) is 0 Å². The van der Waals surface area contributed by atoms with Crippen LogP contribution in [0.5, 0.6) is 0 Å². The maximum absolute atomic E-state index is 12.0. The van der Waals surface area contributed by atoms with Crippen molar-refractivity contribution < 1.29 is 23.9 Å². The standard InChI is InChI=1S/C19H24BrN3O5/c1-12(17(25)23-19(27)22-15-5-3-2-4-6-15)28-16(24)11-21-18(26)13-7-9-14(20)10-8-13/h7-10,12,15H,2-6,11H2,1H3,(H,21,26)(H2,22,23,25,27). The summed E-state index contributed by atoms with van der Waals surface area (Å²) < 4.78 is 5.78. The van der Waals surface area contributed by atoms with Gasteiger partial charge in [0, 0.05) is 16.1 Å². The van der Waals surface area contributed by atoms with Gasteiger partial charge in [-0.25, -0.2) is 4.79 Å². The first-order valence-corrected chi connectivity index (χ1v) is 9.99. The number of halogens is 1. The summed E-state index contributed by atoms with van der Waals surface area (Å²) in [6, 6.07) is 6.09. The zero-order chi connectivity index (χ0) is 20.5. The van der Waals surface area contributed by atoms with E-state index in [1.807, 2.05) is 0 Å². The second-order valence-corrected chi connectivity index (χ2v) is 7.53. The van der Waals surface area contributed by atoms with E-state index in [1.54, 1.807) is 24.3 Å².